The smallest absolute Gasteiger partial charge is 0.311 e. The fourth-order valence-electron chi connectivity index (χ4n) is 9.64. The maximum Gasteiger partial charge on any atom is 0.311 e. The summed E-state index contributed by atoms with van der Waals surface area (Å²) in [5.74, 6) is -2.48. The lowest BCUT2D eigenvalue weighted by atomic mass is 9.76. The van der Waals surface area contributed by atoms with Crippen LogP contribution in [0.15, 0.2) is 0 Å². The van der Waals surface area contributed by atoms with E-state index < -0.39 is 89.7 Å². The number of aliphatic hydroxyl groups is 3. The van der Waals surface area contributed by atoms with Gasteiger partial charge < -0.3 is 48.5 Å². The third-order valence-corrected chi connectivity index (χ3v) is 13.0. The molecule has 52 heavy (non-hydrogen) atoms. The zero-order chi connectivity index (χ0) is 39.1. The Hall–Kier alpha value is -0.930. The van der Waals surface area contributed by atoms with Crippen molar-refractivity contribution in [2.45, 2.75) is 212 Å². The predicted octanol–water partition coefficient (Wildman–Crippen LogP) is 4.82. The first-order valence-corrected chi connectivity index (χ1v) is 19.9. The molecule has 0 spiro atoms. The van der Waals surface area contributed by atoms with E-state index in [1.165, 1.54) is 0 Å². The van der Waals surface area contributed by atoms with Gasteiger partial charge in [0.25, 0.3) is 0 Å². The average molecular weight is 744 g/mol. The minimum absolute atomic E-state index is 0.0310. The van der Waals surface area contributed by atoms with Crippen LogP contribution >= 0.6 is 0 Å². The molecule has 4 aliphatic heterocycles. The van der Waals surface area contributed by atoms with Gasteiger partial charge in [-0.2, -0.15) is 0 Å². The number of methoxy groups -OCH3 is 1. The number of aliphatic hydroxyl groups excluding tert-OH is 2. The molecule has 3 N–H and O–H groups in total. The van der Waals surface area contributed by atoms with Gasteiger partial charge in [0.2, 0.25) is 0 Å². The first-order chi connectivity index (χ1) is 24.1. The number of hydrogen-bond donors (Lipinski definition) is 3. The molecule has 0 aromatic carbocycles. The van der Waals surface area contributed by atoms with Gasteiger partial charge in [0.1, 0.15) is 17.8 Å². The number of rotatable bonds is 9. The molecule has 12 nitrogen and oxygen atoms in total. The number of fused-ring (bicyclic) bond motifs is 2. The summed E-state index contributed by atoms with van der Waals surface area (Å²) in [7, 11) is 3.69. The monoisotopic (exact) mass is 744 g/mol. The molecule has 0 radical (unpaired) electrons. The molecule has 2 bridgehead atoms. The maximum absolute atomic E-state index is 14.3. The Morgan fingerprint density at radius 3 is 2.19 bits per heavy atom. The van der Waals surface area contributed by atoms with Crippen LogP contribution in [0.1, 0.15) is 122 Å². The van der Waals surface area contributed by atoms with Gasteiger partial charge in [-0.3, -0.25) is 9.69 Å². The van der Waals surface area contributed by atoms with Gasteiger partial charge in [0.05, 0.1) is 53.7 Å². The molecular formula is C40H73NO11. The van der Waals surface area contributed by atoms with Crippen molar-refractivity contribution in [3.63, 3.8) is 0 Å². The van der Waals surface area contributed by atoms with Crippen LogP contribution in [0.3, 0.4) is 0 Å². The molecular weight excluding hydrogens is 670 g/mol. The van der Waals surface area contributed by atoms with Gasteiger partial charge in [0, 0.05) is 43.9 Å². The van der Waals surface area contributed by atoms with Crippen LogP contribution in [0.5, 0.6) is 0 Å². The highest BCUT2D eigenvalue weighted by Gasteiger charge is 2.58. The maximum atomic E-state index is 14.3. The number of esters is 1. The van der Waals surface area contributed by atoms with E-state index in [0.717, 1.165) is 0 Å². The second-order valence-electron chi connectivity index (χ2n) is 17.9. The van der Waals surface area contributed by atoms with E-state index in [1.807, 2.05) is 55.5 Å². The largest absolute Gasteiger partial charge is 0.459 e. The van der Waals surface area contributed by atoms with Gasteiger partial charge >= 0.3 is 5.97 Å². The van der Waals surface area contributed by atoms with Crippen LogP contribution in [0.25, 0.3) is 0 Å². The molecule has 18 atom stereocenters. The fraction of sp³-hybridized carbons (Fsp3) is 0.975. The molecule has 0 aliphatic carbocycles. The summed E-state index contributed by atoms with van der Waals surface area (Å²) in [6, 6.07) is -0.0189. The third kappa shape index (κ3) is 9.19. The van der Waals surface area contributed by atoms with Crippen molar-refractivity contribution in [3.8, 4) is 0 Å². The minimum atomic E-state index is -1.76. The van der Waals surface area contributed by atoms with E-state index in [1.54, 1.807) is 21.0 Å². The number of cyclic esters (lactones) is 1. The molecule has 4 heterocycles. The lowest BCUT2D eigenvalue weighted by Crippen LogP contribution is -2.60. The zero-order valence-corrected chi connectivity index (χ0v) is 34.5. The highest BCUT2D eigenvalue weighted by atomic mass is 16.7. The van der Waals surface area contributed by atoms with Crippen LogP contribution < -0.4 is 0 Å². The van der Waals surface area contributed by atoms with Gasteiger partial charge in [-0.1, -0.05) is 34.1 Å². The molecule has 4 fully saturated rings. The summed E-state index contributed by atoms with van der Waals surface area (Å²) in [6.07, 6.45) is -3.93. The van der Waals surface area contributed by atoms with Gasteiger partial charge in [-0.15, -0.1) is 0 Å². The van der Waals surface area contributed by atoms with Crippen molar-refractivity contribution in [1.29, 1.82) is 0 Å². The van der Waals surface area contributed by atoms with Crippen molar-refractivity contribution in [2.75, 3.05) is 14.2 Å². The predicted molar refractivity (Wildman–Crippen MR) is 196 cm³/mol. The van der Waals surface area contributed by atoms with Crippen molar-refractivity contribution in [2.24, 2.45) is 23.7 Å². The Bertz CT molecular complexity index is 1170. The molecule has 12 heteroatoms. The normalized spacial score (nSPS) is 49.7. The lowest BCUT2D eigenvalue weighted by Gasteiger charge is -2.48. The summed E-state index contributed by atoms with van der Waals surface area (Å²) in [5, 5.41) is 35.6. The molecule has 4 saturated heterocycles. The zero-order valence-electron chi connectivity index (χ0n) is 34.5. The average Bonchev–Trinajstić information content (AvgIpc) is 3.38. The number of nitrogens with zero attached hydrogens (tertiary/aromatic N) is 1. The highest BCUT2D eigenvalue weighted by Crippen LogP contribution is 2.48. The first kappa shape index (κ1) is 43.8. The van der Waals surface area contributed by atoms with Crippen molar-refractivity contribution in [3.05, 3.63) is 0 Å². The standard InChI is InChI=1S/C40H73NO11/c1-15-16-29-40(12,45)34(43)25(7)32-22(4)18-39(11,52-32)35(51-37-31(42)28(17-23(5)48-37)41(13)21(2)3)26(8)33(27(9)36(44)49-29)50-30-20-38(10,46-14)19-24(6)47-30/h21-35,37,42-43,45H,15-20H2,1-14H3/t22?,23-,24+,25+,26+,27-,28+,29?,30?,31-,32?,33+,34-,35-,37?,38+,39-,40-/m1/s1. The number of carbonyl (C=O) groups excluding carboxylic acids is 1. The Morgan fingerprint density at radius 2 is 1.60 bits per heavy atom. The number of carbonyl (C=O) groups is 1. The van der Waals surface area contributed by atoms with Crippen LogP contribution in [-0.4, -0.2) is 131 Å². The minimum Gasteiger partial charge on any atom is -0.459 e. The first-order valence-electron chi connectivity index (χ1n) is 19.9. The van der Waals surface area contributed by atoms with E-state index in [-0.39, 0.29) is 30.2 Å². The summed E-state index contributed by atoms with van der Waals surface area (Å²) in [6.45, 7) is 23.4. The number of likely N-dealkylation sites (N-methyl/N-ethyl adjacent to an activating group) is 1. The van der Waals surface area contributed by atoms with E-state index >= 15 is 0 Å². The molecule has 0 aromatic rings. The number of hydrogen-bond acceptors (Lipinski definition) is 12. The van der Waals surface area contributed by atoms with Crippen molar-refractivity contribution < 1.29 is 53.3 Å². The van der Waals surface area contributed by atoms with Gasteiger partial charge in [-0.05, 0) is 87.6 Å². The second kappa shape index (κ2) is 17.1. The van der Waals surface area contributed by atoms with E-state index in [9.17, 15) is 20.1 Å². The Kier molecular flexibility index (Phi) is 14.4. The fourth-order valence-corrected chi connectivity index (χ4v) is 9.64. The summed E-state index contributed by atoms with van der Waals surface area (Å²) in [5.41, 5.74) is -3.21. The third-order valence-electron chi connectivity index (χ3n) is 13.0. The Labute approximate surface area is 313 Å². The summed E-state index contributed by atoms with van der Waals surface area (Å²) in [4.78, 5) is 16.4. The molecule has 5 unspecified atom stereocenters. The van der Waals surface area contributed by atoms with E-state index in [4.69, 9.17) is 33.2 Å². The molecule has 304 valence electrons. The number of ether oxygens (including phenoxy) is 7. The molecule has 4 rings (SSSR count). The summed E-state index contributed by atoms with van der Waals surface area (Å²) >= 11 is 0. The topological polar surface area (TPSA) is 146 Å². The van der Waals surface area contributed by atoms with Crippen LogP contribution in [0.4, 0.5) is 0 Å². The van der Waals surface area contributed by atoms with Gasteiger partial charge in [-0.25, -0.2) is 0 Å². The van der Waals surface area contributed by atoms with Crippen molar-refractivity contribution >= 4 is 5.97 Å². The van der Waals surface area contributed by atoms with E-state index in [0.29, 0.717) is 38.5 Å². The van der Waals surface area contributed by atoms with Crippen LogP contribution in [0, 0.1) is 23.7 Å². The quantitative estimate of drug-likeness (QED) is 0.279. The molecule has 0 amide bonds. The lowest BCUT2D eigenvalue weighted by molar-refractivity contribution is -0.312. The molecule has 0 saturated carbocycles. The second-order valence-corrected chi connectivity index (χ2v) is 17.9. The molecule has 4 aliphatic rings. The SMILES string of the molecule is CCCC1OC(=O)[C@H](C)[C@@H](OC2C[C@@](C)(OC)C[C@H](C)O2)[C@H](C)[C@@H](OC2O[C@H](C)C[C@H](N(C)C(C)C)[C@H]2O)[C@@]2(C)CC(C)C(O2)[C@H](C)[C@@H](O)[C@]1(C)O. The summed E-state index contributed by atoms with van der Waals surface area (Å²) < 4.78 is 45.8. The van der Waals surface area contributed by atoms with Crippen LogP contribution in [0.2, 0.25) is 0 Å². The Balaban J connectivity index is 1.84. The van der Waals surface area contributed by atoms with Crippen molar-refractivity contribution in [1.82, 2.24) is 4.90 Å². The van der Waals surface area contributed by atoms with Gasteiger partial charge in [0.15, 0.2) is 12.6 Å². The molecule has 0 aromatic heterocycles. The highest BCUT2D eigenvalue weighted by molar-refractivity contribution is 5.73. The van der Waals surface area contributed by atoms with E-state index in [2.05, 4.69) is 25.7 Å². The Morgan fingerprint density at radius 1 is 0.942 bits per heavy atom. The van der Waals surface area contributed by atoms with Crippen LogP contribution in [-0.2, 0) is 38.0 Å².